The summed E-state index contributed by atoms with van der Waals surface area (Å²) in [5.74, 6) is -8.98. The van der Waals surface area contributed by atoms with Gasteiger partial charge in [0.05, 0.1) is 18.3 Å². The Balaban J connectivity index is 2.39. The number of fused-ring (bicyclic) bond motifs is 3. The minimum atomic E-state index is -3.70. The van der Waals surface area contributed by atoms with E-state index >= 15 is 0 Å². The van der Waals surface area contributed by atoms with E-state index in [0.29, 0.717) is 12.5 Å². The van der Waals surface area contributed by atoms with Crippen LogP contribution in [-0.4, -0.2) is 50.2 Å². The molecule has 1 fully saturated rings. The molecule has 0 radical (unpaired) electrons. The van der Waals surface area contributed by atoms with Gasteiger partial charge in [-0.1, -0.05) is 27.6 Å². The first-order valence-corrected chi connectivity index (χ1v) is 9.74. The molecule has 1 saturated heterocycles. The Morgan fingerprint density at radius 2 is 2.20 bits per heavy atom. The fourth-order valence-electron chi connectivity index (χ4n) is 3.46. The van der Waals surface area contributed by atoms with Crippen molar-refractivity contribution in [3.63, 3.8) is 0 Å². The third-order valence-electron chi connectivity index (χ3n) is 5.15. The van der Waals surface area contributed by atoms with Gasteiger partial charge in [-0.15, -0.1) is 0 Å². The molecule has 30 heavy (non-hydrogen) atoms. The highest BCUT2D eigenvalue weighted by Crippen LogP contribution is 2.44. The largest absolute Gasteiger partial charge is 0.493 e. The van der Waals surface area contributed by atoms with Crippen LogP contribution in [0.4, 0.5) is 0 Å². The highest BCUT2D eigenvalue weighted by atomic mass is 16.5. The molecule has 1 aromatic carbocycles. The van der Waals surface area contributed by atoms with Crippen LogP contribution >= 0.6 is 0 Å². The number of hydrogen-bond donors (Lipinski definition) is 1. The quantitative estimate of drug-likeness (QED) is 0.664. The van der Waals surface area contributed by atoms with Crippen LogP contribution in [0.5, 0.6) is 11.5 Å². The van der Waals surface area contributed by atoms with Gasteiger partial charge < -0.3 is 19.9 Å². The number of nitrogens with two attached hydrogens (primary N) is 1. The van der Waals surface area contributed by atoms with Crippen molar-refractivity contribution in [3.8, 4) is 11.5 Å². The number of methoxy groups -OCH3 is 2. The van der Waals surface area contributed by atoms with Crippen LogP contribution in [-0.2, 0) is 16.0 Å². The minimum Gasteiger partial charge on any atom is -0.493 e. The second-order valence-electron chi connectivity index (χ2n) is 7.68. The number of ether oxygens (including phenoxy) is 3. The summed E-state index contributed by atoms with van der Waals surface area (Å²) in [5.41, 5.74) is 6.32. The summed E-state index contributed by atoms with van der Waals surface area (Å²) in [7, 11) is -1.70. The summed E-state index contributed by atoms with van der Waals surface area (Å²) in [4.78, 5) is 14.0. The predicted octanol–water partition coefficient (Wildman–Crippen LogP) is 3.56. The van der Waals surface area contributed by atoms with Crippen LogP contribution in [0.15, 0.2) is 12.1 Å². The van der Waals surface area contributed by atoms with Crippen molar-refractivity contribution in [3.05, 3.63) is 23.3 Å². The number of hydrogen-bond acceptors (Lipinski definition) is 6. The zero-order chi connectivity index (χ0) is 34.2. The summed E-state index contributed by atoms with van der Waals surface area (Å²) in [6.45, 7) is -3.30. The molecule has 2 aliphatic rings. The molecule has 6 nitrogen and oxygen atoms in total. The lowest BCUT2D eigenvalue weighted by Gasteiger charge is -2.47. The molecule has 0 saturated carbocycles. The Hall–Kier alpha value is -1.79. The molecule has 4 unspecified atom stereocenters. The lowest BCUT2D eigenvalue weighted by Crippen LogP contribution is -2.51. The standard InChI is InChI=1S/C24H38N2O4/c1-14(2)9-17-13-26-8-7-16-10-21(28-5)22(29-6)11-18(16)19(26)12-20(17)30-24(27)23(25)15(3)4/h10-11,14-15,17,19-20,23H,7-9,12-13,25H2,1-6H3/t17?,19?,20?,23-/m0/s1/i1D3,6D3,9D2,12D2,13D2,14D,17D/t14?,17?,19?,20?,23-. The maximum absolute atomic E-state index is 13.2. The number of carbonyl (C=O) groups excluding carboxylic acids is 1. The van der Waals surface area contributed by atoms with Crippen LogP contribution in [0.25, 0.3) is 0 Å². The van der Waals surface area contributed by atoms with Gasteiger partial charge in [0.1, 0.15) is 12.1 Å². The highest BCUT2D eigenvalue weighted by molar-refractivity contribution is 5.76. The van der Waals surface area contributed by atoms with Crippen molar-refractivity contribution in [1.82, 2.24) is 4.90 Å². The average molecular weight is 433 g/mol. The molecule has 3 rings (SSSR count). The molecule has 0 aromatic heterocycles. The van der Waals surface area contributed by atoms with Gasteiger partial charge in [-0.25, -0.2) is 0 Å². The second kappa shape index (κ2) is 9.56. The first-order valence-electron chi connectivity index (χ1n) is 16.7. The van der Waals surface area contributed by atoms with Crippen molar-refractivity contribution >= 4 is 5.97 Å². The van der Waals surface area contributed by atoms with Gasteiger partial charge in [-0.3, -0.25) is 9.69 Å². The predicted molar refractivity (Wildman–Crippen MR) is 118 cm³/mol. The lowest BCUT2D eigenvalue weighted by molar-refractivity contribution is -0.160. The number of carbonyl (C=O) groups is 1. The molecule has 1 aromatic rings. The normalized spacial score (nSPS) is 40.9. The van der Waals surface area contributed by atoms with Gasteiger partial charge in [0.15, 0.2) is 11.5 Å². The Morgan fingerprint density at radius 1 is 1.43 bits per heavy atom. The highest BCUT2D eigenvalue weighted by Gasteiger charge is 2.41. The van der Waals surface area contributed by atoms with Crippen molar-refractivity contribution < 1.29 is 38.2 Å². The number of nitrogens with zero attached hydrogens (tertiary/aromatic N) is 1. The maximum Gasteiger partial charge on any atom is 0.323 e. The van der Waals surface area contributed by atoms with Crippen LogP contribution in [0.3, 0.4) is 0 Å². The van der Waals surface area contributed by atoms with E-state index < -0.39 is 75.0 Å². The van der Waals surface area contributed by atoms with Gasteiger partial charge in [0, 0.05) is 46.4 Å². The van der Waals surface area contributed by atoms with E-state index in [9.17, 15) is 8.91 Å². The minimum absolute atomic E-state index is 0.00703. The molecule has 0 spiro atoms. The number of piperidine rings is 1. The number of esters is 1. The smallest absolute Gasteiger partial charge is 0.323 e. The SMILES string of the molecule is [2H]C([2H])([2H])Oc1cc2c(cc1OC)CCN1C2C([2H])([2H])C(OC(=O)[C@@H](N)C(C)C)C([2H])(C([2H])([2H])C([2H])(C)C([2H])([2H])[2H])C1([2H])[2H]. The van der Waals surface area contributed by atoms with Crippen LogP contribution < -0.4 is 15.2 Å². The molecule has 168 valence electrons. The van der Waals surface area contributed by atoms with Gasteiger partial charge >= 0.3 is 5.97 Å². The Bertz CT molecular complexity index is 1270. The summed E-state index contributed by atoms with van der Waals surface area (Å²) >= 11 is 0. The molecular weight excluding hydrogens is 380 g/mol. The third kappa shape index (κ3) is 4.75. The molecule has 0 bridgehead atoms. The fourth-order valence-corrected chi connectivity index (χ4v) is 3.46. The topological polar surface area (TPSA) is 74.0 Å². The molecule has 6 heteroatoms. The third-order valence-corrected chi connectivity index (χ3v) is 5.15. The lowest BCUT2D eigenvalue weighted by atomic mass is 9.79. The van der Waals surface area contributed by atoms with Crippen LogP contribution in [0, 0.1) is 17.7 Å². The molecule has 0 amide bonds. The molecule has 5 atom stereocenters. The summed E-state index contributed by atoms with van der Waals surface area (Å²) < 4.78 is 135. The van der Waals surface area contributed by atoms with E-state index in [-0.39, 0.29) is 30.0 Å². The van der Waals surface area contributed by atoms with Crippen molar-refractivity contribution in [2.45, 2.75) is 65.0 Å². The summed E-state index contributed by atoms with van der Waals surface area (Å²) in [6.07, 6.45) is -9.43. The molecular formula is C24H38N2O4. The fraction of sp³-hybridized carbons (Fsp3) is 0.708. The maximum atomic E-state index is 13.2. The molecule has 0 aliphatic carbocycles. The van der Waals surface area contributed by atoms with Crippen LogP contribution in [0.1, 0.15) is 76.7 Å². The van der Waals surface area contributed by atoms with E-state index in [4.69, 9.17) is 35.0 Å². The van der Waals surface area contributed by atoms with E-state index in [2.05, 4.69) is 0 Å². The molecule has 2 heterocycles. The van der Waals surface area contributed by atoms with Crippen molar-refractivity contribution in [2.75, 3.05) is 27.2 Å². The van der Waals surface area contributed by atoms with Gasteiger partial charge in [0.2, 0.25) is 0 Å². The number of benzene rings is 1. The zero-order valence-electron chi connectivity index (χ0n) is 31.5. The van der Waals surface area contributed by atoms with Gasteiger partial charge in [-0.05, 0) is 47.9 Å². The summed E-state index contributed by atoms with van der Waals surface area (Å²) in [5, 5.41) is 0. The zero-order valence-corrected chi connectivity index (χ0v) is 17.5. The number of rotatable bonds is 7. The average Bonchev–Trinajstić information content (AvgIpc) is 2.86. The second-order valence-corrected chi connectivity index (χ2v) is 7.68. The van der Waals surface area contributed by atoms with Crippen molar-refractivity contribution in [1.29, 1.82) is 0 Å². The van der Waals surface area contributed by atoms with E-state index in [0.717, 1.165) is 11.0 Å². The van der Waals surface area contributed by atoms with E-state index in [1.807, 2.05) is 0 Å². The van der Waals surface area contributed by atoms with Crippen LogP contribution in [0.2, 0.25) is 0 Å². The monoisotopic (exact) mass is 432 g/mol. The van der Waals surface area contributed by atoms with Crippen molar-refractivity contribution in [2.24, 2.45) is 23.4 Å². The Kier molecular flexibility index (Phi) is 3.41. The molecule has 2 aliphatic heterocycles. The van der Waals surface area contributed by atoms with E-state index in [1.165, 1.54) is 13.2 Å². The first-order chi connectivity index (χ1) is 19.6. The Morgan fingerprint density at radius 3 is 2.87 bits per heavy atom. The van der Waals surface area contributed by atoms with E-state index in [1.54, 1.807) is 13.8 Å². The molecule has 2 N–H and O–H groups in total. The Labute approximate surface area is 200 Å². The van der Waals surface area contributed by atoms with Gasteiger partial charge in [-0.2, -0.15) is 0 Å². The summed E-state index contributed by atoms with van der Waals surface area (Å²) in [6, 6.07) is -0.603. The first kappa shape index (κ1) is 10.7. The van der Waals surface area contributed by atoms with Gasteiger partial charge in [0.25, 0.3) is 0 Å².